The first-order chi connectivity index (χ1) is 9.72. The maximum absolute atomic E-state index is 6.03. The Kier molecular flexibility index (Phi) is 3.58. The molecule has 0 saturated heterocycles. The van der Waals surface area contributed by atoms with Crippen LogP contribution in [0.4, 0.5) is 11.5 Å². The number of rotatable bonds is 3. The third-order valence-corrected chi connectivity index (χ3v) is 3.56. The zero-order valence-corrected chi connectivity index (χ0v) is 11.8. The number of benzene rings is 2. The van der Waals surface area contributed by atoms with Gasteiger partial charge in [0.15, 0.2) is 5.82 Å². The summed E-state index contributed by atoms with van der Waals surface area (Å²) in [5, 5.41) is 14.5. The van der Waals surface area contributed by atoms with E-state index in [-0.39, 0.29) is 0 Å². The summed E-state index contributed by atoms with van der Waals surface area (Å²) in [4.78, 5) is 0. The Bertz CT molecular complexity index is 709. The van der Waals surface area contributed by atoms with E-state index in [1.165, 1.54) is 0 Å². The summed E-state index contributed by atoms with van der Waals surface area (Å²) in [7, 11) is 0. The Balaban J connectivity index is 1.83. The van der Waals surface area contributed by atoms with E-state index in [2.05, 4.69) is 20.7 Å². The van der Waals surface area contributed by atoms with E-state index in [0.717, 1.165) is 16.8 Å². The van der Waals surface area contributed by atoms with Gasteiger partial charge in [-0.3, -0.25) is 0 Å². The molecular weight excluding hydrogens is 295 g/mol. The number of aromatic nitrogens is 3. The lowest BCUT2D eigenvalue weighted by Crippen LogP contribution is -1.90. The first-order valence-corrected chi connectivity index (χ1v) is 6.66. The van der Waals surface area contributed by atoms with Gasteiger partial charge >= 0.3 is 0 Å². The second-order valence-corrected chi connectivity index (χ2v) is 5.00. The van der Waals surface area contributed by atoms with Crippen LogP contribution < -0.4 is 5.32 Å². The molecule has 0 bridgehead atoms. The number of aromatic amines is 1. The van der Waals surface area contributed by atoms with E-state index < -0.39 is 0 Å². The summed E-state index contributed by atoms with van der Waals surface area (Å²) >= 11 is 11.9. The van der Waals surface area contributed by atoms with Gasteiger partial charge in [0.25, 0.3) is 0 Å². The van der Waals surface area contributed by atoms with Gasteiger partial charge in [0.05, 0.1) is 16.2 Å². The molecule has 100 valence electrons. The maximum Gasteiger partial charge on any atom is 0.172 e. The van der Waals surface area contributed by atoms with Crippen LogP contribution in [0.3, 0.4) is 0 Å². The molecule has 0 amide bonds. The minimum Gasteiger partial charge on any atom is -0.337 e. The average molecular weight is 305 g/mol. The molecule has 20 heavy (non-hydrogen) atoms. The topological polar surface area (TPSA) is 53.6 Å². The van der Waals surface area contributed by atoms with E-state index in [1.807, 2.05) is 36.4 Å². The maximum atomic E-state index is 6.03. The summed E-state index contributed by atoms with van der Waals surface area (Å²) in [6, 6.07) is 13.5. The first-order valence-electron chi connectivity index (χ1n) is 5.91. The van der Waals surface area contributed by atoms with Crippen molar-refractivity contribution in [3.63, 3.8) is 0 Å². The molecular formula is C14H10Cl2N4. The number of H-pyrrole nitrogens is 1. The number of halogens is 2. The van der Waals surface area contributed by atoms with E-state index in [4.69, 9.17) is 23.2 Å². The molecule has 0 spiro atoms. The van der Waals surface area contributed by atoms with E-state index in [0.29, 0.717) is 15.9 Å². The predicted molar refractivity (Wildman–Crippen MR) is 81.6 cm³/mol. The quantitative estimate of drug-likeness (QED) is 0.748. The van der Waals surface area contributed by atoms with Crippen LogP contribution >= 0.6 is 23.2 Å². The standard InChI is InChI=1S/C14H10Cl2N4/c15-12-6-3-10(7-13(12)16)9-1-4-11(5-2-9)18-14-8-17-20-19-14/h1-8H,(H2,17,18,19,20). The molecule has 2 aromatic carbocycles. The SMILES string of the molecule is Clc1ccc(-c2ccc(Nc3cn[nH]n3)cc2)cc1Cl. The van der Waals surface area contributed by atoms with Crippen molar-refractivity contribution < 1.29 is 0 Å². The van der Waals surface area contributed by atoms with Crippen LogP contribution in [0.5, 0.6) is 0 Å². The summed E-state index contributed by atoms with van der Waals surface area (Å²) in [5.74, 6) is 0.673. The van der Waals surface area contributed by atoms with Crippen LogP contribution in [-0.2, 0) is 0 Å². The molecule has 0 atom stereocenters. The van der Waals surface area contributed by atoms with Crippen molar-refractivity contribution in [2.45, 2.75) is 0 Å². The Morgan fingerprint density at radius 3 is 2.30 bits per heavy atom. The van der Waals surface area contributed by atoms with Crippen LogP contribution in [0.25, 0.3) is 11.1 Å². The highest BCUT2D eigenvalue weighted by atomic mass is 35.5. The lowest BCUT2D eigenvalue weighted by atomic mass is 10.1. The van der Waals surface area contributed by atoms with Gasteiger partial charge in [-0.15, -0.1) is 5.10 Å². The molecule has 0 fully saturated rings. The average Bonchev–Trinajstić information content (AvgIpc) is 2.96. The minimum atomic E-state index is 0.550. The molecule has 6 heteroatoms. The Morgan fingerprint density at radius 1 is 0.900 bits per heavy atom. The lowest BCUT2D eigenvalue weighted by molar-refractivity contribution is 0.942. The molecule has 2 N–H and O–H groups in total. The van der Waals surface area contributed by atoms with E-state index in [9.17, 15) is 0 Å². The number of nitrogens with one attached hydrogen (secondary N) is 2. The molecule has 1 aromatic heterocycles. The first kappa shape index (κ1) is 13.0. The Morgan fingerprint density at radius 2 is 1.65 bits per heavy atom. The van der Waals surface area contributed by atoms with E-state index >= 15 is 0 Å². The molecule has 3 rings (SSSR count). The lowest BCUT2D eigenvalue weighted by Gasteiger charge is -2.06. The van der Waals surface area contributed by atoms with Crippen molar-refractivity contribution in [1.82, 2.24) is 15.4 Å². The van der Waals surface area contributed by atoms with Crippen molar-refractivity contribution in [3.05, 3.63) is 58.7 Å². The molecule has 0 saturated carbocycles. The number of hydrogen-bond acceptors (Lipinski definition) is 3. The van der Waals surface area contributed by atoms with Gasteiger partial charge in [-0.05, 0) is 35.4 Å². The summed E-state index contributed by atoms with van der Waals surface area (Å²) in [6.45, 7) is 0. The fourth-order valence-corrected chi connectivity index (χ4v) is 2.13. The highest BCUT2D eigenvalue weighted by molar-refractivity contribution is 6.42. The Labute approximate surface area is 125 Å². The van der Waals surface area contributed by atoms with Gasteiger partial charge in [-0.1, -0.05) is 41.4 Å². The molecule has 0 unspecified atom stereocenters. The highest BCUT2D eigenvalue weighted by Crippen LogP contribution is 2.29. The van der Waals surface area contributed by atoms with Crippen LogP contribution in [0, 0.1) is 0 Å². The van der Waals surface area contributed by atoms with Crippen molar-refractivity contribution >= 4 is 34.7 Å². The summed E-state index contributed by atoms with van der Waals surface area (Å²) < 4.78 is 0. The second kappa shape index (κ2) is 5.53. The molecule has 0 aliphatic carbocycles. The molecule has 1 heterocycles. The fourth-order valence-electron chi connectivity index (χ4n) is 1.83. The van der Waals surface area contributed by atoms with Crippen LogP contribution in [-0.4, -0.2) is 15.4 Å². The molecule has 0 aliphatic heterocycles. The summed E-state index contributed by atoms with van der Waals surface area (Å²) in [6.07, 6.45) is 1.62. The van der Waals surface area contributed by atoms with Gasteiger partial charge in [0, 0.05) is 5.69 Å². The third kappa shape index (κ3) is 2.76. The highest BCUT2D eigenvalue weighted by Gasteiger charge is 2.03. The van der Waals surface area contributed by atoms with Crippen LogP contribution in [0.2, 0.25) is 10.0 Å². The van der Waals surface area contributed by atoms with Gasteiger partial charge in [-0.2, -0.15) is 10.3 Å². The van der Waals surface area contributed by atoms with Crippen molar-refractivity contribution in [2.75, 3.05) is 5.32 Å². The van der Waals surface area contributed by atoms with Crippen molar-refractivity contribution in [3.8, 4) is 11.1 Å². The monoisotopic (exact) mass is 304 g/mol. The smallest absolute Gasteiger partial charge is 0.172 e. The van der Waals surface area contributed by atoms with E-state index in [1.54, 1.807) is 12.3 Å². The third-order valence-electron chi connectivity index (χ3n) is 2.83. The number of hydrogen-bond donors (Lipinski definition) is 2. The van der Waals surface area contributed by atoms with Gasteiger partial charge < -0.3 is 5.32 Å². The van der Waals surface area contributed by atoms with Crippen molar-refractivity contribution in [1.29, 1.82) is 0 Å². The van der Waals surface area contributed by atoms with Gasteiger partial charge in [0.1, 0.15) is 0 Å². The predicted octanol–water partition coefficient (Wildman–Crippen LogP) is 4.52. The summed E-state index contributed by atoms with van der Waals surface area (Å²) in [5.41, 5.74) is 3.02. The van der Waals surface area contributed by atoms with Gasteiger partial charge in [0.2, 0.25) is 0 Å². The molecule has 4 nitrogen and oxygen atoms in total. The molecule has 3 aromatic rings. The van der Waals surface area contributed by atoms with Crippen molar-refractivity contribution in [2.24, 2.45) is 0 Å². The van der Waals surface area contributed by atoms with Gasteiger partial charge in [-0.25, -0.2) is 0 Å². The number of nitrogens with zero attached hydrogens (tertiary/aromatic N) is 2. The normalized spacial score (nSPS) is 10.5. The second-order valence-electron chi connectivity index (χ2n) is 4.19. The molecule has 0 radical (unpaired) electrons. The zero-order valence-electron chi connectivity index (χ0n) is 10.3. The Hall–Kier alpha value is -2.04. The van der Waals surface area contributed by atoms with Crippen LogP contribution in [0.1, 0.15) is 0 Å². The minimum absolute atomic E-state index is 0.550. The number of anilines is 2. The zero-order chi connectivity index (χ0) is 13.9. The fraction of sp³-hybridized carbons (Fsp3) is 0. The van der Waals surface area contributed by atoms with Crippen LogP contribution in [0.15, 0.2) is 48.7 Å². The largest absolute Gasteiger partial charge is 0.337 e. The molecule has 0 aliphatic rings.